The fourth-order valence-corrected chi connectivity index (χ4v) is 5.33. The molecule has 0 unspecified atom stereocenters. The van der Waals surface area contributed by atoms with E-state index in [1.807, 2.05) is 0 Å². The Kier molecular flexibility index (Phi) is 3.26. The Morgan fingerprint density at radius 1 is 1.05 bits per heavy atom. The molecule has 0 heterocycles. The van der Waals surface area contributed by atoms with Crippen molar-refractivity contribution in [2.75, 3.05) is 0 Å². The van der Waals surface area contributed by atoms with Gasteiger partial charge in [-0.15, -0.1) is 0 Å². The SMILES string of the molecule is CC(C)N[C@H]1[C@@H](C2(O)CCCC2)C[C@H]2C[C@@H]1C2(C)C. The zero-order chi connectivity index (χ0) is 13.8. The molecule has 0 aromatic carbocycles. The number of fused-ring (bicyclic) bond motifs is 2. The summed E-state index contributed by atoms with van der Waals surface area (Å²) in [6, 6.07) is 1.05. The van der Waals surface area contributed by atoms with Gasteiger partial charge in [0, 0.05) is 18.0 Å². The van der Waals surface area contributed by atoms with Gasteiger partial charge in [0.1, 0.15) is 0 Å². The normalized spacial score (nSPS) is 43.3. The van der Waals surface area contributed by atoms with Crippen molar-refractivity contribution in [2.24, 2.45) is 23.2 Å². The molecule has 2 N–H and O–H groups in total. The van der Waals surface area contributed by atoms with Crippen molar-refractivity contribution < 1.29 is 5.11 Å². The lowest BCUT2D eigenvalue weighted by Crippen LogP contribution is -2.67. The van der Waals surface area contributed by atoms with Crippen molar-refractivity contribution in [1.82, 2.24) is 5.32 Å². The van der Waals surface area contributed by atoms with Crippen LogP contribution < -0.4 is 5.32 Å². The molecule has 4 rings (SSSR count). The Bertz CT molecular complexity index is 343. The first kappa shape index (κ1) is 13.9. The minimum absolute atomic E-state index is 0.361. The third kappa shape index (κ3) is 2.06. The van der Waals surface area contributed by atoms with Crippen LogP contribution >= 0.6 is 0 Å². The van der Waals surface area contributed by atoms with E-state index in [1.165, 1.54) is 25.7 Å². The van der Waals surface area contributed by atoms with Crippen LogP contribution in [0.3, 0.4) is 0 Å². The summed E-state index contributed by atoms with van der Waals surface area (Å²) < 4.78 is 0. The average Bonchev–Trinajstić information content (AvgIpc) is 2.76. The molecular formula is C17H31NO. The number of aliphatic hydroxyl groups is 1. The van der Waals surface area contributed by atoms with E-state index >= 15 is 0 Å². The first-order chi connectivity index (χ1) is 8.84. The minimum Gasteiger partial charge on any atom is -0.390 e. The summed E-state index contributed by atoms with van der Waals surface area (Å²) in [6.07, 6.45) is 7.14. The van der Waals surface area contributed by atoms with Crippen molar-refractivity contribution >= 4 is 0 Å². The first-order valence-corrected chi connectivity index (χ1v) is 8.33. The van der Waals surface area contributed by atoms with Crippen LogP contribution in [0.2, 0.25) is 0 Å². The van der Waals surface area contributed by atoms with Crippen LogP contribution in [0.4, 0.5) is 0 Å². The van der Waals surface area contributed by atoms with Crippen LogP contribution in [-0.4, -0.2) is 22.8 Å². The Morgan fingerprint density at radius 2 is 1.63 bits per heavy atom. The third-order valence-corrected chi connectivity index (χ3v) is 6.64. The highest BCUT2D eigenvalue weighted by atomic mass is 16.3. The Hall–Kier alpha value is -0.0800. The molecule has 2 heteroatoms. The van der Waals surface area contributed by atoms with Gasteiger partial charge in [0.15, 0.2) is 0 Å². The number of nitrogens with one attached hydrogen (secondary N) is 1. The summed E-state index contributed by atoms with van der Waals surface area (Å²) in [6.45, 7) is 9.37. The highest BCUT2D eigenvalue weighted by Crippen LogP contribution is 2.63. The lowest BCUT2D eigenvalue weighted by Gasteiger charge is -2.65. The van der Waals surface area contributed by atoms with Crippen LogP contribution in [0, 0.1) is 23.2 Å². The Balaban J connectivity index is 1.83. The molecule has 19 heavy (non-hydrogen) atoms. The third-order valence-electron chi connectivity index (χ3n) is 6.64. The van der Waals surface area contributed by atoms with E-state index in [-0.39, 0.29) is 5.60 Å². The van der Waals surface area contributed by atoms with Gasteiger partial charge in [-0.1, -0.05) is 40.5 Å². The molecule has 0 radical (unpaired) electrons. The van der Waals surface area contributed by atoms with Gasteiger partial charge in [0.2, 0.25) is 0 Å². The molecule has 110 valence electrons. The van der Waals surface area contributed by atoms with Crippen molar-refractivity contribution in [3.05, 3.63) is 0 Å². The van der Waals surface area contributed by atoms with Crippen LogP contribution in [0.5, 0.6) is 0 Å². The monoisotopic (exact) mass is 265 g/mol. The fraction of sp³-hybridized carbons (Fsp3) is 1.00. The van der Waals surface area contributed by atoms with Crippen molar-refractivity contribution in [2.45, 2.75) is 83.9 Å². The maximum atomic E-state index is 11.1. The molecular weight excluding hydrogens is 234 g/mol. The second-order valence-electron chi connectivity index (χ2n) is 8.36. The second kappa shape index (κ2) is 4.46. The predicted octanol–water partition coefficient (Wildman–Crippen LogP) is 3.34. The quantitative estimate of drug-likeness (QED) is 0.820. The Labute approximate surface area is 118 Å². The molecule has 0 amide bonds. The van der Waals surface area contributed by atoms with Gasteiger partial charge in [-0.05, 0) is 42.9 Å². The van der Waals surface area contributed by atoms with Crippen molar-refractivity contribution in [3.8, 4) is 0 Å². The molecule has 0 saturated heterocycles. The van der Waals surface area contributed by atoms with Crippen LogP contribution in [0.1, 0.15) is 66.2 Å². The van der Waals surface area contributed by atoms with Gasteiger partial charge in [0.25, 0.3) is 0 Å². The highest BCUT2D eigenvalue weighted by Gasteiger charge is 2.61. The molecule has 4 fully saturated rings. The lowest BCUT2D eigenvalue weighted by atomic mass is 9.43. The molecule has 0 aromatic heterocycles. The molecule has 2 bridgehead atoms. The van der Waals surface area contributed by atoms with E-state index in [0.717, 1.165) is 24.7 Å². The van der Waals surface area contributed by atoms with Gasteiger partial charge in [-0.3, -0.25) is 0 Å². The molecule has 4 aliphatic carbocycles. The zero-order valence-corrected chi connectivity index (χ0v) is 13.1. The topological polar surface area (TPSA) is 32.3 Å². The molecule has 4 saturated carbocycles. The van der Waals surface area contributed by atoms with E-state index in [2.05, 4.69) is 33.0 Å². The zero-order valence-electron chi connectivity index (χ0n) is 13.1. The maximum Gasteiger partial charge on any atom is 0.0690 e. The average molecular weight is 265 g/mol. The highest BCUT2D eigenvalue weighted by molar-refractivity contribution is 5.13. The van der Waals surface area contributed by atoms with Gasteiger partial charge >= 0.3 is 0 Å². The van der Waals surface area contributed by atoms with E-state index in [0.29, 0.717) is 23.4 Å². The predicted molar refractivity (Wildman–Crippen MR) is 79.0 cm³/mol. The van der Waals surface area contributed by atoms with Gasteiger partial charge in [-0.25, -0.2) is 0 Å². The second-order valence-corrected chi connectivity index (χ2v) is 8.36. The fourth-order valence-electron chi connectivity index (χ4n) is 5.33. The first-order valence-electron chi connectivity index (χ1n) is 8.33. The summed E-state index contributed by atoms with van der Waals surface area (Å²) in [7, 11) is 0. The van der Waals surface area contributed by atoms with Crippen molar-refractivity contribution in [3.63, 3.8) is 0 Å². The van der Waals surface area contributed by atoms with Gasteiger partial charge in [0.05, 0.1) is 5.60 Å². The smallest absolute Gasteiger partial charge is 0.0690 e. The molecule has 0 spiro atoms. The van der Waals surface area contributed by atoms with Crippen molar-refractivity contribution in [1.29, 1.82) is 0 Å². The van der Waals surface area contributed by atoms with Crippen LogP contribution in [-0.2, 0) is 0 Å². The summed E-state index contributed by atoms with van der Waals surface area (Å²) in [5.41, 5.74) is 0.123. The van der Waals surface area contributed by atoms with Crippen LogP contribution in [0.15, 0.2) is 0 Å². The summed E-state index contributed by atoms with van der Waals surface area (Å²) in [5, 5.41) is 14.9. The molecule has 2 nitrogen and oxygen atoms in total. The number of hydrogen-bond acceptors (Lipinski definition) is 2. The molecule has 4 aliphatic rings. The standard InChI is InChI=1S/C17H31NO/c1-11(2)18-15-13-9-12(16(13,3)4)10-14(15)17(19)7-5-6-8-17/h11-15,18-19H,5-10H2,1-4H3/t12-,13+,14+,15-/m1/s1. The molecule has 4 atom stereocenters. The van der Waals surface area contributed by atoms with Gasteiger partial charge < -0.3 is 10.4 Å². The van der Waals surface area contributed by atoms with E-state index in [4.69, 9.17) is 0 Å². The minimum atomic E-state index is -0.361. The Morgan fingerprint density at radius 3 is 2.16 bits per heavy atom. The lowest BCUT2D eigenvalue weighted by molar-refractivity contribution is -0.166. The molecule has 0 aromatic rings. The van der Waals surface area contributed by atoms with Gasteiger partial charge in [-0.2, -0.15) is 0 Å². The van der Waals surface area contributed by atoms with E-state index in [1.54, 1.807) is 0 Å². The molecule has 0 aliphatic heterocycles. The maximum absolute atomic E-state index is 11.1. The summed E-state index contributed by atoms with van der Waals surface area (Å²) in [4.78, 5) is 0. The van der Waals surface area contributed by atoms with E-state index in [9.17, 15) is 5.11 Å². The largest absolute Gasteiger partial charge is 0.390 e. The van der Waals surface area contributed by atoms with E-state index < -0.39 is 0 Å². The summed E-state index contributed by atoms with van der Waals surface area (Å²) in [5.74, 6) is 2.11. The number of rotatable bonds is 3. The number of hydrogen-bond donors (Lipinski definition) is 2. The van der Waals surface area contributed by atoms with Crippen LogP contribution in [0.25, 0.3) is 0 Å². The summed E-state index contributed by atoms with van der Waals surface area (Å²) >= 11 is 0.